The van der Waals surface area contributed by atoms with Crippen LogP contribution in [0.25, 0.3) is 0 Å². The van der Waals surface area contributed by atoms with E-state index >= 15 is 0 Å². The highest BCUT2D eigenvalue weighted by molar-refractivity contribution is 5.94. The number of ether oxygens (including phenoxy) is 1. The Kier molecular flexibility index (Phi) is 4.59. The van der Waals surface area contributed by atoms with Crippen molar-refractivity contribution in [2.24, 2.45) is 0 Å². The summed E-state index contributed by atoms with van der Waals surface area (Å²) in [5, 5.41) is 0. The van der Waals surface area contributed by atoms with Crippen molar-refractivity contribution in [3.05, 3.63) is 62.8 Å². The number of rotatable bonds is 2. The van der Waals surface area contributed by atoms with Gasteiger partial charge in [-0.1, -0.05) is 6.07 Å². The van der Waals surface area contributed by atoms with E-state index in [4.69, 9.17) is 4.74 Å². The van der Waals surface area contributed by atoms with Crippen LogP contribution in [0.1, 0.15) is 51.9 Å². The van der Waals surface area contributed by atoms with Gasteiger partial charge >= 0.3 is 0 Å². The molecule has 1 fully saturated rings. The third-order valence-corrected chi connectivity index (χ3v) is 5.14. The Morgan fingerprint density at radius 1 is 1.23 bits per heavy atom. The van der Waals surface area contributed by atoms with E-state index in [9.17, 15) is 9.59 Å². The minimum Gasteiger partial charge on any atom is -0.367 e. The van der Waals surface area contributed by atoms with Gasteiger partial charge in [0.25, 0.3) is 11.5 Å². The summed E-state index contributed by atoms with van der Waals surface area (Å²) in [5.41, 5.74) is 3.85. The van der Waals surface area contributed by atoms with Crippen molar-refractivity contribution in [2.45, 2.75) is 38.7 Å². The number of H-pyrrole nitrogens is 1. The third-order valence-electron chi connectivity index (χ3n) is 5.14. The zero-order valence-electron chi connectivity index (χ0n) is 15.0. The summed E-state index contributed by atoms with van der Waals surface area (Å²) in [4.78, 5) is 33.6. The lowest BCUT2D eigenvalue weighted by Gasteiger charge is -2.32. The summed E-state index contributed by atoms with van der Waals surface area (Å²) < 4.78 is 5.75. The lowest BCUT2D eigenvalue weighted by atomic mass is 9.90. The summed E-state index contributed by atoms with van der Waals surface area (Å²) in [5.74, 6) is 0.500. The van der Waals surface area contributed by atoms with E-state index in [-0.39, 0.29) is 11.5 Å². The summed E-state index contributed by atoms with van der Waals surface area (Å²) in [6.45, 7) is 3.14. The Balaban J connectivity index is 1.54. The Morgan fingerprint density at radius 2 is 2.04 bits per heavy atom. The van der Waals surface area contributed by atoms with Gasteiger partial charge in [-0.25, -0.2) is 4.98 Å². The van der Waals surface area contributed by atoms with Crippen molar-refractivity contribution in [3.8, 4) is 0 Å². The van der Waals surface area contributed by atoms with Gasteiger partial charge in [-0.05, 0) is 55.9 Å². The highest BCUT2D eigenvalue weighted by Gasteiger charge is 2.28. The molecule has 2 aliphatic rings. The molecule has 6 nitrogen and oxygen atoms in total. The number of nitrogens with zero attached hydrogens (tertiary/aromatic N) is 2. The van der Waals surface area contributed by atoms with Crippen LogP contribution in [0, 0.1) is 6.92 Å². The standard InChI is InChI=1S/C20H23N3O3/c1-13-10-18(24)22-19(21-13)17-12-23(8-9-26-17)20(25)16-7-6-14-4-2-3-5-15(14)11-16/h6-7,10-11,17H,2-5,8-9,12H2,1H3,(H,21,22,24)/t17-/m1/s1. The summed E-state index contributed by atoms with van der Waals surface area (Å²) in [6, 6.07) is 7.53. The number of fused-ring (bicyclic) bond motifs is 1. The number of carbonyl (C=O) groups excluding carboxylic acids is 1. The molecule has 6 heteroatoms. The van der Waals surface area contributed by atoms with Crippen LogP contribution < -0.4 is 5.56 Å². The molecule has 1 amide bonds. The molecule has 1 N–H and O–H groups in total. The first-order chi connectivity index (χ1) is 12.6. The number of hydrogen-bond acceptors (Lipinski definition) is 4. The van der Waals surface area contributed by atoms with Crippen molar-refractivity contribution >= 4 is 5.91 Å². The number of amides is 1. The quantitative estimate of drug-likeness (QED) is 0.898. The van der Waals surface area contributed by atoms with Crippen LogP contribution in [-0.2, 0) is 17.6 Å². The fraction of sp³-hybridized carbons (Fsp3) is 0.450. The van der Waals surface area contributed by atoms with Gasteiger partial charge in [0.15, 0.2) is 0 Å². The van der Waals surface area contributed by atoms with Crippen molar-refractivity contribution in [3.63, 3.8) is 0 Å². The predicted octanol–water partition coefficient (Wildman–Crippen LogP) is 2.17. The predicted molar refractivity (Wildman–Crippen MR) is 97.3 cm³/mol. The second kappa shape index (κ2) is 7.03. The SMILES string of the molecule is Cc1cc(=O)[nH]c([C@H]2CN(C(=O)c3ccc4c(c3)CCCC4)CCO2)n1. The van der Waals surface area contributed by atoms with Crippen LogP contribution >= 0.6 is 0 Å². The smallest absolute Gasteiger partial charge is 0.254 e. The average Bonchev–Trinajstić information content (AvgIpc) is 2.66. The van der Waals surface area contributed by atoms with Crippen LogP contribution in [-0.4, -0.2) is 40.5 Å². The molecule has 0 radical (unpaired) electrons. The first-order valence-electron chi connectivity index (χ1n) is 9.21. The van der Waals surface area contributed by atoms with E-state index in [2.05, 4.69) is 16.0 Å². The minimum atomic E-state index is -0.405. The van der Waals surface area contributed by atoms with Crippen LogP contribution in [0.4, 0.5) is 0 Å². The van der Waals surface area contributed by atoms with E-state index in [0.29, 0.717) is 31.2 Å². The maximum Gasteiger partial charge on any atom is 0.254 e. The zero-order valence-corrected chi connectivity index (χ0v) is 15.0. The second-order valence-electron chi connectivity index (χ2n) is 7.07. The Bertz CT molecular complexity index is 890. The van der Waals surface area contributed by atoms with Gasteiger partial charge in [0.1, 0.15) is 11.9 Å². The van der Waals surface area contributed by atoms with Gasteiger partial charge < -0.3 is 14.6 Å². The molecule has 1 aromatic heterocycles. The van der Waals surface area contributed by atoms with Crippen LogP contribution in [0.15, 0.2) is 29.1 Å². The largest absolute Gasteiger partial charge is 0.367 e. The first-order valence-corrected chi connectivity index (χ1v) is 9.21. The summed E-state index contributed by atoms with van der Waals surface area (Å²) in [7, 11) is 0. The van der Waals surface area contributed by atoms with Crippen molar-refractivity contribution in [1.82, 2.24) is 14.9 Å². The van der Waals surface area contributed by atoms with E-state index in [0.717, 1.165) is 18.4 Å². The number of aryl methyl sites for hydroxylation is 3. The molecule has 1 aromatic carbocycles. The number of morpholine rings is 1. The molecule has 0 unspecified atom stereocenters. The molecular weight excluding hydrogens is 330 g/mol. The zero-order chi connectivity index (χ0) is 18.1. The molecule has 0 spiro atoms. The van der Waals surface area contributed by atoms with Gasteiger partial charge in [0.05, 0.1) is 13.2 Å². The molecule has 136 valence electrons. The highest BCUT2D eigenvalue weighted by atomic mass is 16.5. The average molecular weight is 353 g/mol. The third kappa shape index (κ3) is 3.42. The number of aromatic nitrogens is 2. The summed E-state index contributed by atoms with van der Waals surface area (Å²) >= 11 is 0. The Morgan fingerprint density at radius 3 is 2.85 bits per heavy atom. The molecule has 1 saturated heterocycles. The maximum absolute atomic E-state index is 13.0. The van der Waals surface area contributed by atoms with E-state index < -0.39 is 6.10 Å². The monoisotopic (exact) mass is 353 g/mol. The van der Waals surface area contributed by atoms with E-state index in [1.807, 2.05) is 12.1 Å². The fourth-order valence-corrected chi connectivity index (χ4v) is 3.80. The molecule has 2 aromatic rings. The summed E-state index contributed by atoms with van der Waals surface area (Å²) in [6.07, 6.45) is 4.17. The molecular formula is C20H23N3O3. The molecule has 4 rings (SSSR count). The van der Waals surface area contributed by atoms with Gasteiger partial charge in [0, 0.05) is 23.9 Å². The number of benzene rings is 1. The van der Waals surface area contributed by atoms with Crippen LogP contribution in [0.3, 0.4) is 0 Å². The van der Waals surface area contributed by atoms with Gasteiger partial charge in [-0.3, -0.25) is 9.59 Å². The van der Waals surface area contributed by atoms with Crippen molar-refractivity contribution < 1.29 is 9.53 Å². The van der Waals surface area contributed by atoms with Gasteiger partial charge in [0.2, 0.25) is 0 Å². The first kappa shape index (κ1) is 17.0. The molecule has 2 heterocycles. The molecule has 0 saturated carbocycles. The van der Waals surface area contributed by atoms with Crippen molar-refractivity contribution in [2.75, 3.05) is 19.7 Å². The highest BCUT2D eigenvalue weighted by Crippen LogP contribution is 2.24. The van der Waals surface area contributed by atoms with Crippen LogP contribution in [0.2, 0.25) is 0 Å². The van der Waals surface area contributed by atoms with Crippen molar-refractivity contribution in [1.29, 1.82) is 0 Å². The number of hydrogen-bond donors (Lipinski definition) is 1. The Labute approximate surface area is 152 Å². The minimum absolute atomic E-state index is 0.0154. The Hall–Kier alpha value is -2.47. The van der Waals surface area contributed by atoms with E-state index in [1.165, 1.54) is 30.0 Å². The lowest BCUT2D eigenvalue weighted by molar-refractivity contribution is -0.0269. The topological polar surface area (TPSA) is 75.3 Å². The number of nitrogens with one attached hydrogen (secondary N) is 1. The molecule has 26 heavy (non-hydrogen) atoms. The molecule has 0 bridgehead atoms. The van der Waals surface area contributed by atoms with Gasteiger partial charge in [-0.15, -0.1) is 0 Å². The molecule has 1 aliphatic heterocycles. The normalized spacial score (nSPS) is 19.9. The fourth-order valence-electron chi connectivity index (χ4n) is 3.80. The maximum atomic E-state index is 13.0. The molecule has 1 aliphatic carbocycles. The number of carbonyl (C=O) groups is 1. The second-order valence-corrected chi connectivity index (χ2v) is 7.07. The van der Waals surface area contributed by atoms with Crippen LogP contribution in [0.5, 0.6) is 0 Å². The van der Waals surface area contributed by atoms with Gasteiger partial charge in [-0.2, -0.15) is 0 Å². The van der Waals surface area contributed by atoms with E-state index in [1.54, 1.807) is 11.8 Å². The number of aromatic amines is 1. The lowest BCUT2D eigenvalue weighted by Crippen LogP contribution is -2.43. The molecule has 1 atom stereocenters.